The lowest BCUT2D eigenvalue weighted by molar-refractivity contribution is 0.0686. The van der Waals surface area contributed by atoms with Crippen LogP contribution in [0.2, 0.25) is 0 Å². The average Bonchev–Trinajstić information content (AvgIpc) is 3.35. The summed E-state index contributed by atoms with van der Waals surface area (Å²) >= 11 is 0. The molecule has 0 unspecified atom stereocenters. The fourth-order valence-electron chi connectivity index (χ4n) is 3.75. The molecular formula is C25H22N4O6. The van der Waals surface area contributed by atoms with Crippen molar-refractivity contribution >= 4 is 24.1 Å². The molecule has 0 bridgehead atoms. The molecule has 35 heavy (non-hydrogen) atoms. The molecule has 0 aliphatic heterocycles. The first-order valence-electron chi connectivity index (χ1n) is 10.8. The van der Waals surface area contributed by atoms with Gasteiger partial charge in [0.1, 0.15) is 0 Å². The Labute approximate surface area is 197 Å². The molecule has 0 fully saturated rings. The highest BCUT2D eigenvalue weighted by atomic mass is 16.4. The van der Waals surface area contributed by atoms with Crippen molar-refractivity contribution in [2.75, 3.05) is 0 Å². The first kappa shape index (κ1) is 23.3. The highest BCUT2D eigenvalue weighted by Gasteiger charge is 2.15. The Bertz CT molecular complexity index is 1670. The molecule has 0 saturated carbocycles. The third kappa shape index (κ3) is 4.24. The molecule has 10 nitrogen and oxygen atoms in total. The highest BCUT2D eigenvalue weighted by molar-refractivity contribution is 5.88. The number of nitrogens with zero attached hydrogens (tertiary/aromatic N) is 2. The van der Waals surface area contributed by atoms with Crippen molar-refractivity contribution in [3.63, 3.8) is 0 Å². The number of H-pyrrole nitrogens is 2. The molecule has 2 aromatic heterocycles. The van der Waals surface area contributed by atoms with E-state index in [4.69, 9.17) is 10.2 Å². The van der Waals surface area contributed by atoms with Crippen molar-refractivity contribution in [1.82, 2.24) is 19.6 Å². The highest BCUT2D eigenvalue weighted by Crippen LogP contribution is 2.11. The number of aryl methyl sites for hydroxylation is 1. The number of carboxylic acid groups (broad SMARTS) is 2. The summed E-state index contributed by atoms with van der Waals surface area (Å²) in [6.45, 7) is 3.62. The predicted molar refractivity (Wildman–Crippen MR) is 129 cm³/mol. The van der Waals surface area contributed by atoms with E-state index >= 15 is 0 Å². The lowest BCUT2D eigenvalue weighted by Gasteiger charge is -2.02. The molecule has 4 rings (SSSR count). The summed E-state index contributed by atoms with van der Waals surface area (Å²) in [5.74, 6) is -2.14. The van der Waals surface area contributed by atoms with Crippen LogP contribution in [0, 0.1) is 0 Å². The second kappa shape index (κ2) is 9.18. The molecule has 0 aliphatic carbocycles. The Balaban J connectivity index is 1.87. The van der Waals surface area contributed by atoms with Gasteiger partial charge in [-0.2, -0.15) is 0 Å². The fraction of sp³-hybridized carbons (Fsp3) is 0.120. The maximum atomic E-state index is 13.3. The second-order valence-electron chi connectivity index (χ2n) is 7.71. The van der Waals surface area contributed by atoms with Crippen LogP contribution < -0.4 is 21.7 Å². The van der Waals surface area contributed by atoms with Gasteiger partial charge in [0, 0.05) is 5.69 Å². The van der Waals surface area contributed by atoms with E-state index in [-0.39, 0.29) is 21.9 Å². The van der Waals surface area contributed by atoms with Gasteiger partial charge in [0.25, 0.3) is 11.1 Å². The normalized spacial score (nSPS) is 12.3. The molecule has 0 amide bonds. The number of rotatable bonds is 6. The van der Waals surface area contributed by atoms with Crippen molar-refractivity contribution in [1.29, 1.82) is 0 Å². The summed E-state index contributed by atoms with van der Waals surface area (Å²) in [4.78, 5) is 48.8. The van der Waals surface area contributed by atoms with Gasteiger partial charge in [0.15, 0.2) is 0 Å². The third-order valence-corrected chi connectivity index (χ3v) is 5.64. The molecule has 0 radical (unpaired) electrons. The van der Waals surface area contributed by atoms with Gasteiger partial charge in [-0.15, -0.1) is 0 Å². The van der Waals surface area contributed by atoms with Crippen LogP contribution >= 0.6 is 0 Å². The van der Waals surface area contributed by atoms with Crippen molar-refractivity contribution in [3.05, 3.63) is 102 Å². The summed E-state index contributed by atoms with van der Waals surface area (Å²) in [7, 11) is 0. The maximum Gasteiger partial charge on any atom is 0.335 e. The fourth-order valence-corrected chi connectivity index (χ4v) is 3.75. The van der Waals surface area contributed by atoms with E-state index in [2.05, 4.69) is 10.2 Å². The van der Waals surface area contributed by atoms with E-state index in [9.17, 15) is 19.2 Å². The van der Waals surface area contributed by atoms with Crippen LogP contribution in [-0.2, 0) is 6.42 Å². The molecule has 0 spiro atoms. The molecule has 0 aliphatic rings. The van der Waals surface area contributed by atoms with Crippen LogP contribution in [0.15, 0.2) is 58.1 Å². The Kier molecular flexibility index (Phi) is 6.11. The Morgan fingerprint density at radius 1 is 0.829 bits per heavy atom. The van der Waals surface area contributed by atoms with Crippen molar-refractivity contribution in [2.45, 2.75) is 20.3 Å². The number of carbonyl (C=O) groups is 2. The number of hydrogen-bond donors (Lipinski definition) is 4. The van der Waals surface area contributed by atoms with Crippen molar-refractivity contribution in [2.24, 2.45) is 0 Å². The number of benzene rings is 2. The molecule has 0 saturated heterocycles. The van der Waals surface area contributed by atoms with E-state index in [1.807, 2.05) is 6.92 Å². The number of aromatic amines is 2. The first-order chi connectivity index (χ1) is 16.7. The SMILES string of the molecule is CC=c1[nH]n(-c2ccc(C(=O)O)cc2)c(=O)c1=Cc1c(CC)[nH]n(-c2ccc(C(=O)O)cc2)c1=O. The average molecular weight is 474 g/mol. The zero-order valence-electron chi connectivity index (χ0n) is 18.9. The third-order valence-electron chi connectivity index (χ3n) is 5.64. The summed E-state index contributed by atoms with van der Waals surface area (Å²) in [5, 5.41) is 25.0. The minimum atomic E-state index is -1.07. The minimum absolute atomic E-state index is 0.0965. The van der Waals surface area contributed by atoms with E-state index < -0.39 is 17.5 Å². The molecule has 4 N–H and O–H groups in total. The largest absolute Gasteiger partial charge is 0.478 e. The summed E-state index contributed by atoms with van der Waals surface area (Å²) in [5.41, 5.74) is 1.23. The van der Waals surface area contributed by atoms with Gasteiger partial charge in [-0.05, 0) is 68.0 Å². The van der Waals surface area contributed by atoms with Crippen molar-refractivity contribution in [3.8, 4) is 11.4 Å². The molecule has 10 heteroatoms. The summed E-state index contributed by atoms with van der Waals surface area (Å²) in [6.07, 6.45) is 3.72. The van der Waals surface area contributed by atoms with Crippen LogP contribution in [0.1, 0.15) is 45.8 Å². The van der Waals surface area contributed by atoms with Crippen LogP contribution in [0.5, 0.6) is 0 Å². The Morgan fingerprint density at radius 2 is 1.31 bits per heavy atom. The molecular weight excluding hydrogens is 452 g/mol. The van der Waals surface area contributed by atoms with Crippen molar-refractivity contribution < 1.29 is 19.8 Å². The summed E-state index contributed by atoms with van der Waals surface area (Å²) < 4.78 is 2.59. The van der Waals surface area contributed by atoms with Gasteiger partial charge in [-0.1, -0.05) is 13.0 Å². The maximum absolute atomic E-state index is 13.3. The number of hydrogen-bond acceptors (Lipinski definition) is 4. The Morgan fingerprint density at radius 3 is 1.74 bits per heavy atom. The standard InChI is InChI=1S/C25H22N4O6/c1-3-20-18(22(30)28(26-20)16-9-5-14(6-10-16)24(32)33)13-19-21(4-2)27-29(23(19)31)17-11-7-15(8-12-17)25(34)35/h3,5-13,26-27H,4H2,1-2H3,(H,32,33)(H,34,35). The molecule has 178 valence electrons. The molecule has 2 aromatic carbocycles. The van der Waals surface area contributed by atoms with Crippen LogP contribution in [-0.4, -0.2) is 41.7 Å². The topological polar surface area (TPSA) is 150 Å². The first-order valence-corrected chi connectivity index (χ1v) is 10.8. The molecule has 4 aromatic rings. The zero-order valence-corrected chi connectivity index (χ0v) is 18.9. The van der Waals surface area contributed by atoms with E-state index in [0.717, 1.165) is 0 Å². The minimum Gasteiger partial charge on any atom is -0.478 e. The number of nitrogens with one attached hydrogen (secondary N) is 2. The second-order valence-corrected chi connectivity index (χ2v) is 7.71. The Hall–Kier alpha value is -4.86. The van der Waals surface area contributed by atoms with Crippen LogP contribution in [0.25, 0.3) is 23.5 Å². The van der Waals surface area contributed by atoms with Gasteiger partial charge >= 0.3 is 11.9 Å². The van der Waals surface area contributed by atoms with Gasteiger partial charge in [0.2, 0.25) is 0 Å². The lowest BCUT2D eigenvalue weighted by atomic mass is 10.1. The zero-order chi connectivity index (χ0) is 25.3. The monoisotopic (exact) mass is 474 g/mol. The van der Waals surface area contributed by atoms with Gasteiger partial charge in [-0.3, -0.25) is 19.8 Å². The molecule has 0 atom stereocenters. The van der Waals surface area contributed by atoms with E-state index in [1.54, 1.807) is 13.0 Å². The molecule has 2 heterocycles. The van der Waals surface area contributed by atoms with E-state index in [1.165, 1.54) is 64.0 Å². The van der Waals surface area contributed by atoms with Gasteiger partial charge < -0.3 is 10.2 Å². The lowest BCUT2D eigenvalue weighted by Crippen LogP contribution is -2.35. The van der Waals surface area contributed by atoms with Gasteiger partial charge in [-0.25, -0.2) is 19.0 Å². The van der Waals surface area contributed by atoms with Gasteiger partial charge in [0.05, 0.1) is 38.6 Å². The predicted octanol–water partition coefficient (Wildman–Crippen LogP) is 1.23. The van der Waals surface area contributed by atoms with Crippen LogP contribution in [0.4, 0.5) is 0 Å². The smallest absolute Gasteiger partial charge is 0.335 e. The van der Waals surface area contributed by atoms with E-state index in [0.29, 0.717) is 34.4 Å². The number of aromatic nitrogens is 4. The quantitative estimate of drug-likeness (QED) is 0.330. The van der Waals surface area contributed by atoms with Crippen LogP contribution in [0.3, 0.4) is 0 Å². The number of carboxylic acids is 2. The summed E-state index contributed by atoms with van der Waals surface area (Å²) in [6, 6.07) is 11.7. The number of aromatic carboxylic acids is 2.